The van der Waals surface area contributed by atoms with E-state index in [9.17, 15) is 0 Å². The highest BCUT2D eigenvalue weighted by Gasteiger charge is 2.58. The molecule has 17 heavy (non-hydrogen) atoms. The molecule has 0 bridgehead atoms. The minimum atomic E-state index is -0.253. The largest absolute Gasteiger partial charge is 0.394 e. The van der Waals surface area contributed by atoms with E-state index in [4.69, 9.17) is 14.6 Å². The molecule has 4 rings (SSSR count). The molecule has 1 N–H and O–H groups in total. The summed E-state index contributed by atoms with van der Waals surface area (Å²) in [6, 6.07) is 0. The number of aliphatic hydroxyl groups excluding tert-OH is 1. The molecule has 4 heterocycles. The Bertz CT molecular complexity index is 571. The van der Waals surface area contributed by atoms with Crippen LogP contribution in [0.25, 0.3) is 11.2 Å². The molecule has 2 aliphatic heterocycles. The van der Waals surface area contributed by atoms with Crippen molar-refractivity contribution in [1.29, 1.82) is 0 Å². The number of hydrogen-bond acceptors (Lipinski definition) is 6. The lowest BCUT2D eigenvalue weighted by atomic mass is 10.2. The summed E-state index contributed by atoms with van der Waals surface area (Å²) in [5, 5.41) is 9.14. The fourth-order valence-corrected chi connectivity index (χ4v) is 2.34. The minimum Gasteiger partial charge on any atom is -0.394 e. The third-order valence-corrected chi connectivity index (χ3v) is 3.22. The molecule has 4 atom stereocenters. The zero-order chi connectivity index (χ0) is 11.4. The second kappa shape index (κ2) is 3.22. The van der Waals surface area contributed by atoms with Crippen LogP contribution >= 0.6 is 0 Å². The van der Waals surface area contributed by atoms with Gasteiger partial charge in [0.15, 0.2) is 11.9 Å². The third-order valence-electron chi connectivity index (χ3n) is 3.22. The molecule has 2 aromatic heterocycles. The maximum Gasteiger partial charge on any atom is 0.166 e. The summed E-state index contributed by atoms with van der Waals surface area (Å²) in [4.78, 5) is 12.3. The summed E-state index contributed by atoms with van der Waals surface area (Å²) in [5.74, 6) is 0. The van der Waals surface area contributed by atoms with Gasteiger partial charge in [0.2, 0.25) is 0 Å². The number of fused-ring (bicyclic) bond motifs is 2. The van der Waals surface area contributed by atoms with Crippen molar-refractivity contribution >= 4 is 11.2 Å². The lowest BCUT2D eigenvalue weighted by Crippen LogP contribution is -2.22. The van der Waals surface area contributed by atoms with Crippen LogP contribution in [-0.4, -0.2) is 49.5 Å². The first-order valence-electron chi connectivity index (χ1n) is 5.43. The summed E-state index contributed by atoms with van der Waals surface area (Å²) in [7, 11) is 0. The van der Waals surface area contributed by atoms with Gasteiger partial charge >= 0.3 is 0 Å². The van der Waals surface area contributed by atoms with Crippen LogP contribution in [0.1, 0.15) is 6.23 Å². The van der Waals surface area contributed by atoms with Crippen LogP contribution in [0.4, 0.5) is 0 Å². The van der Waals surface area contributed by atoms with Crippen LogP contribution in [0.15, 0.2) is 18.9 Å². The van der Waals surface area contributed by atoms with Gasteiger partial charge in [0.25, 0.3) is 0 Å². The fraction of sp³-hybridized carbons (Fsp3) is 0.500. The van der Waals surface area contributed by atoms with Gasteiger partial charge in [-0.05, 0) is 0 Å². The van der Waals surface area contributed by atoms with E-state index in [1.54, 1.807) is 12.5 Å². The van der Waals surface area contributed by atoms with Crippen molar-refractivity contribution < 1.29 is 14.6 Å². The predicted molar refractivity (Wildman–Crippen MR) is 55.0 cm³/mol. The molecule has 0 amide bonds. The van der Waals surface area contributed by atoms with Crippen molar-refractivity contribution in [3.8, 4) is 0 Å². The van der Waals surface area contributed by atoms with E-state index in [1.165, 1.54) is 6.33 Å². The van der Waals surface area contributed by atoms with Crippen molar-refractivity contribution in [1.82, 2.24) is 19.5 Å². The Morgan fingerprint density at radius 1 is 1.29 bits per heavy atom. The van der Waals surface area contributed by atoms with Crippen LogP contribution in [-0.2, 0) is 9.47 Å². The normalized spacial score (nSPS) is 35.1. The zero-order valence-electron chi connectivity index (χ0n) is 8.80. The van der Waals surface area contributed by atoms with Crippen molar-refractivity contribution in [2.75, 3.05) is 6.61 Å². The number of ether oxygens (including phenoxy) is 2. The summed E-state index contributed by atoms with van der Waals surface area (Å²) in [6.45, 7) is -0.0285. The second-order valence-electron chi connectivity index (χ2n) is 4.20. The van der Waals surface area contributed by atoms with Gasteiger partial charge in [0, 0.05) is 0 Å². The predicted octanol–water partition coefficient (Wildman–Crippen LogP) is -0.517. The number of aromatic nitrogens is 4. The van der Waals surface area contributed by atoms with Crippen molar-refractivity contribution in [2.24, 2.45) is 0 Å². The molecule has 7 nitrogen and oxygen atoms in total. The smallest absolute Gasteiger partial charge is 0.166 e. The molecule has 2 aliphatic rings. The van der Waals surface area contributed by atoms with Gasteiger partial charge in [-0.15, -0.1) is 0 Å². The molecule has 7 heteroatoms. The number of aliphatic hydroxyl groups is 1. The van der Waals surface area contributed by atoms with Crippen LogP contribution in [0.3, 0.4) is 0 Å². The Hall–Kier alpha value is -1.57. The molecule has 2 saturated heterocycles. The molecule has 0 radical (unpaired) electrons. The second-order valence-corrected chi connectivity index (χ2v) is 4.20. The maximum absolute atomic E-state index is 9.14. The number of imidazole rings is 1. The molecule has 0 saturated carbocycles. The summed E-state index contributed by atoms with van der Waals surface area (Å²) >= 11 is 0. The standard InChI is InChI=1S/C10H10N4O3/c15-2-6-7-8(17-7)10(16-6)14-4-13-5-1-11-3-12-9(5)14/h1,3-4,6-8,10,15H,2H2/t6-,7+,8-,10-/m1/s1. The minimum absolute atomic E-state index is 0.000449. The molecular formula is C10H10N4O3. The lowest BCUT2D eigenvalue weighted by molar-refractivity contribution is -0.0823. The van der Waals surface area contributed by atoms with Gasteiger partial charge in [-0.3, -0.25) is 4.57 Å². The summed E-state index contributed by atoms with van der Waals surface area (Å²) in [5.41, 5.74) is 1.44. The van der Waals surface area contributed by atoms with Gasteiger partial charge in [-0.2, -0.15) is 0 Å². The molecule has 88 valence electrons. The Labute approximate surface area is 96.0 Å². The van der Waals surface area contributed by atoms with Gasteiger partial charge < -0.3 is 14.6 Å². The number of nitrogens with zero attached hydrogens (tertiary/aromatic N) is 4. The van der Waals surface area contributed by atoms with E-state index in [0.29, 0.717) is 0 Å². The number of rotatable bonds is 2. The third kappa shape index (κ3) is 1.24. The molecule has 0 aliphatic carbocycles. The van der Waals surface area contributed by atoms with E-state index in [0.717, 1.165) is 11.2 Å². The van der Waals surface area contributed by atoms with E-state index in [2.05, 4.69) is 15.0 Å². The fourth-order valence-electron chi connectivity index (χ4n) is 2.34. The van der Waals surface area contributed by atoms with Crippen LogP contribution in [0, 0.1) is 0 Å². The van der Waals surface area contributed by atoms with E-state index in [1.807, 2.05) is 4.57 Å². The molecule has 2 aromatic rings. The monoisotopic (exact) mass is 234 g/mol. The Morgan fingerprint density at radius 3 is 3.06 bits per heavy atom. The highest BCUT2D eigenvalue weighted by molar-refractivity contribution is 5.69. The van der Waals surface area contributed by atoms with Crippen LogP contribution < -0.4 is 0 Å². The van der Waals surface area contributed by atoms with E-state index in [-0.39, 0.29) is 31.1 Å². The van der Waals surface area contributed by atoms with Crippen molar-refractivity contribution in [2.45, 2.75) is 24.5 Å². The molecule has 0 spiro atoms. The summed E-state index contributed by atoms with van der Waals surface area (Å²) < 4.78 is 13.0. The summed E-state index contributed by atoms with van der Waals surface area (Å²) in [6.07, 6.45) is 4.31. The first kappa shape index (κ1) is 9.46. The Morgan fingerprint density at radius 2 is 2.24 bits per heavy atom. The molecular weight excluding hydrogens is 224 g/mol. The highest BCUT2D eigenvalue weighted by Crippen LogP contribution is 2.45. The average Bonchev–Trinajstić information content (AvgIpc) is 2.91. The molecule has 0 unspecified atom stereocenters. The van der Waals surface area contributed by atoms with Gasteiger partial charge in [0.1, 0.15) is 30.2 Å². The number of epoxide rings is 1. The van der Waals surface area contributed by atoms with Gasteiger partial charge in [-0.25, -0.2) is 15.0 Å². The highest BCUT2D eigenvalue weighted by atomic mass is 16.7. The average molecular weight is 234 g/mol. The molecule has 2 fully saturated rings. The van der Waals surface area contributed by atoms with Crippen LogP contribution in [0.2, 0.25) is 0 Å². The Kier molecular flexibility index (Phi) is 1.79. The Balaban J connectivity index is 1.76. The SMILES string of the molecule is OC[C@H]1O[C@@H](n2cnc3cncnc32)[C@@H]2O[C@H]21. The van der Waals surface area contributed by atoms with Crippen molar-refractivity contribution in [3.63, 3.8) is 0 Å². The zero-order valence-corrected chi connectivity index (χ0v) is 8.80. The van der Waals surface area contributed by atoms with Gasteiger partial charge in [-0.1, -0.05) is 0 Å². The van der Waals surface area contributed by atoms with Gasteiger partial charge in [0.05, 0.1) is 19.1 Å². The van der Waals surface area contributed by atoms with E-state index < -0.39 is 0 Å². The topological polar surface area (TPSA) is 85.6 Å². The van der Waals surface area contributed by atoms with Crippen molar-refractivity contribution in [3.05, 3.63) is 18.9 Å². The van der Waals surface area contributed by atoms with E-state index >= 15 is 0 Å². The molecule has 0 aromatic carbocycles. The first-order chi connectivity index (χ1) is 8.38. The van der Waals surface area contributed by atoms with Crippen LogP contribution in [0.5, 0.6) is 0 Å². The number of hydrogen-bond donors (Lipinski definition) is 1. The maximum atomic E-state index is 9.14. The quantitative estimate of drug-likeness (QED) is 0.704. The lowest BCUT2D eigenvalue weighted by Gasteiger charge is -2.17. The first-order valence-corrected chi connectivity index (χ1v) is 5.43.